The lowest BCUT2D eigenvalue weighted by Gasteiger charge is -2.35. The standard InChI is InChI=1S/C23H39N5O3/c1-24-23(25-15-19(27(2)3)17-6-7-17)26-16-20(28-10-12-31-13-11-28)18-8-9-21(29-4)22(14-18)30-5/h8-9,14,17,19-20H,6-7,10-13,15-16H2,1-5H3,(H2,24,25,26). The zero-order valence-electron chi connectivity index (χ0n) is 19.7. The smallest absolute Gasteiger partial charge is 0.191 e. The van der Waals surface area contributed by atoms with Gasteiger partial charge in [-0.05, 0) is 50.6 Å². The second kappa shape index (κ2) is 11.5. The lowest BCUT2D eigenvalue weighted by atomic mass is 10.0. The first-order chi connectivity index (χ1) is 15.1. The van der Waals surface area contributed by atoms with Gasteiger partial charge in [0.1, 0.15) is 0 Å². The average Bonchev–Trinajstić information content (AvgIpc) is 3.63. The summed E-state index contributed by atoms with van der Waals surface area (Å²) in [5, 5.41) is 7.08. The fourth-order valence-electron chi connectivity index (χ4n) is 4.27. The van der Waals surface area contributed by atoms with Gasteiger partial charge in [0.25, 0.3) is 0 Å². The normalized spacial score (nSPS) is 19.7. The van der Waals surface area contributed by atoms with Gasteiger partial charge in [0.2, 0.25) is 0 Å². The van der Waals surface area contributed by atoms with E-state index in [-0.39, 0.29) is 6.04 Å². The van der Waals surface area contributed by atoms with Crippen LogP contribution in [0.4, 0.5) is 0 Å². The van der Waals surface area contributed by atoms with Gasteiger partial charge in [-0.25, -0.2) is 0 Å². The molecule has 0 spiro atoms. The molecule has 3 rings (SSSR count). The summed E-state index contributed by atoms with van der Waals surface area (Å²) in [6.07, 6.45) is 2.66. The lowest BCUT2D eigenvalue weighted by Crippen LogP contribution is -2.49. The van der Waals surface area contributed by atoms with Crippen LogP contribution in [0.3, 0.4) is 0 Å². The van der Waals surface area contributed by atoms with Crippen LogP contribution < -0.4 is 20.1 Å². The van der Waals surface area contributed by atoms with E-state index in [4.69, 9.17) is 14.2 Å². The second-order valence-corrected chi connectivity index (χ2v) is 8.48. The molecule has 2 N–H and O–H groups in total. The van der Waals surface area contributed by atoms with Gasteiger partial charge in [-0.15, -0.1) is 0 Å². The Morgan fingerprint density at radius 3 is 2.39 bits per heavy atom. The quantitative estimate of drug-likeness (QED) is 0.429. The van der Waals surface area contributed by atoms with E-state index >= 15 is 0 Å². The van der Waals surface area contributed by atoms with Gasteiger partial charge in [-0.2, -0.15) is 0 Å². The molecule has 1 heterocycles. The Bertz CT molecular complexity index is 715. The number of rotatable bonds is 10. The molecule has 0 bridgehead atoms. The van der Waals surface area contributed by atoms with Crippen LogP contribution in [0.5, 0.6) is 11.5 Å². The van der Waals surface area contributed by atoms with Gasteiger partial charge in [-0.3, -0.25) is 9.89 Å². The number of guanidine groups is 1. The maximum absolute atomic E-state index is 5.58. The number of benzene rings is 1. The molecule has 1 saturated carbocycles. The van der Waals surface area contributed by atoms with Crippen LogP contribution >= 0.6 is 0 Å². The van der Waals surface area contributed by atoms with E-state index in [0.29, 0.717) is 6.04 Å². The topological polar surface area (TPSA) is 70.6 Å². The molecule has 31 heavy (non-hydrogen) atoms. The highest BCUT2D eigenvalue weighted by Crippen LogP contribution is 2.34. The molecule has 8 heteroatoms. The summed E-state index contributed by atoms with van der Waals surface area (Å²) in [4.78, 5) is 9.23. The number of nitrogens with one attached hydrogen (secondary N) is 2. The maximum atomic E-state index is 5.58. The molecule has 2 aliphatic rings. The van der Waals surface area contributed by atoms with Crippen molar-refractivity contribution < 1.29 is 14.2 Å². The number of methoxy groups -OCH3 is 2. The molecular formula is C23H39N5O3. The molecular weight excluding hydrogens is 394 g/mol. The highest BCUT2D eigenvalue weighted by atomic mass is 16.5. The largest absolute Gasteiger partial charge is 0.493 e. The Morgan fingerprint density at radius 2 is 1.81 bits per heavy atom. The Labute approximate surface area is 186 Å². The first-order valence-electron chi connectivity index (χ1n) is 11.2. The van der Waals surface area contributed by atoms with Gasteiger partial charge in [0.05, 0.1) is 33.5 Å². The summed E-state index contributed by atoms with van der Waals surface area (Å²) in [5.74, 6) is 3.13. The summed E-state index contributed by atoms with van der Waals surface area (Å²) < 4.78 is 16.6. The summed E-state index contributed by atoms with van der Waals surface area (Å²) in [5.41, 5.74) is 1.19. The van der Waals surface area contributed by atoms with Crippen LogP contribution in [0, 0.1) is 5.92 Å². The van der Waals surface area contributed by atoms with E-state index in [9.17, 15) is 0 Å². The molecule has 1 aliphatic carbocycles. The molecule has 2 fully saturated rings. The molecule has 2 unspecified atom stereocenters. The number of hydrogen-bond donors (Lipinski definition) is 2. The van der Waals surface area contributed by atoms with Crippen LogP contribution in [0.15, 0.2) is 23.2 Å². The Morgan fingerprint density at radius 1 is 1.13 bits per heavy atom. The third-order valence-electron chi connectivity index (χ3n) is 6.27. The van der Waals surface area contributed by atoms with Gasteiger partial charge in [-0.1, -0.05) is 6.07 Å². The molecule has 1 aromatic rings. The fourth-order valence-corrected chi connectivity index (χ4v) is 4.27. The third-order valence-corrected chi connectivity index (χ3v) is 6.27. The Balaban J connectivity index is 1.68. The van der Waals surface area contributed by atoms with Crippen molar-refractivity contribution in [2.75, 3.05) is 74.8 Å². The molecule has 2 atom stereocenters. The summed E-state index contributed by atoms with van der Waals surface area (Å²) in [7, 11) is 9.49. The predicted octanol–water partition coefficient (Wildman–Crippen LogP) is 1.58. The van der Waals surface area contributed by atoms with Crippen LogP contribution in [0.1, 0.15) is 24.4 Å². The summed E-state index contributed by atoms with van der Waals surface area (Å²) in [6.45, 7) is 4.95. The molecule has 174 valence electrons. The average molecular weight is 434 g/mol. The van der Waals surface area contributed by atoms with E-state index in [1.807, 2.05) is 13.1 Å². The number of morpholine rings is 1. The van der Waals surface area contributed by atoms with Gasteiger partial charge < -0.3 is 29.7 Å². The highest BCUT2D eigenvalue weighted by Gasteiger charge is 2.32. The number of aliphatic imine (C=N–C) groups is 1. The monoisotopic (exact) mass is 433 g/mol. The predicted molar refractivity (Wildman–Crippen MR) is 124 cm³/mol. The Hall–Kier alpha value is -2.03. The first kappa shape index (κ1) is 23.6. The summed E-state index contributed by atoms with van der Waals surface area (Å²) in [6, 6.07) is 6.89. The molecule has 0 aromatic heterocycles. The van der Waals surface area contributed by atoms with E-state index in [0.717, 1.165) is 62.8 Å². The van der Waals surface area contributed by atoms with Crippen molar-refractivity contribution in [3.8, 4) is 11.5 Å². The third kappa shape index (κ3) is 6.48. The van der Waals surface area contributed by atoms with E-state index in [1.165, 1.54) is 18.4 Å². The van der Waals surface area contributed by atoms with Crippen molar-refractivity contribution in [3.05, 3.63) is 23.8 Å². The molecule has 1 saturated heterocycles. The van der Waals surface area contributed by atoms with Crippen LogP contribution in [0.25, 0.3) is 0 Å². The minimum absolute atomic E-state index is 0.176. The zero-order chi connectivity index (χ0) is 22.2. The fraction of sp³-hybridized carbons (Fsp3) is 0.696. The van der Waals surface area contributed by atoms with Crippen LogP contribution in [-0.2, 0) is 4.74 Å². The van der Waals surface area contributed by atoms with E-state index < -0.39 is 0 Å². The van der Waals surface area contributed by atoms with Crippen LogP contribution in [-0.4, -0.2) is 96.6 Å². The van der Waals surface area contributed by atoms with Crippen molar-refractivity contribution in [3.63, 3.8) is 0 Å². The zero-order valence-corrected chi connectivity index (χ0v) is 19.7. The van der Waals surface area contributed by atoms with Crippen molar-refractivity contribution in [1.29, 1.82) is 0 Å². The summed E-state index contributed by atoms with van der Waals surface area (Å²) >= 11 is 0. The van der Waals surface area contributed by atoms with Crippen LogP contribution in [0.2, 0.25) is 0 Å². The van der Waals surface area contributed by atoms with Gasteiger partial charge in [0, 0.05) is 39.3 Å². The van der Waals surface area contributed by atoms with Gasteiger partial charge in [0.15, 0.2) is 17.5 Å². The molecule has 0 amide bonds. The Kier molecular flexibility index (Phi) is 8.80. The van der Waals surface area contributed by atoms with E-state index in [1.54, 1.807) is 14.2 Å². The molecule has 0 radical (unpaired) electrons. The van der Waals surface area contributed by atoms with Crippen molar-refractivity contribution in [2.24, 2.45) is 10.9 Å². The second-order valence-electron chi connectivity index (χ2n) is 8.48. The number of likely N-dealkylation sites (N-methyl/N-ethyl adjacent to an activating group) is 1. The number of ether oxygens (including phenoxy) is 3. The number of nitrogens with zero attached hydrogens (tertiary/aromatic N) is 3. The van der Waals surface area contributed by atoms with Gasteiger partial charge >= 0.3 is 0 Å². The van der Waals surface area contributed by atoms with Crippen molar-refractivity contribution in [2.45, 2.75) is 24.9 Å². The molecule has 1 aliphatic heterocycles. The SMILES string of the molecule is CN=C(NCC(C1CC1)N(C)C)NCC(c1ccc(OC)c(OC)c1)N1CCOCC1. The first-order valence-corrected chi connectivity index (χ1v) is 11.2. The molecule has 1 aromatic carbocycles. The minimum Gasteiger partial charge on any atom is -0.493 e. The van der Waals surface area contributed by atoms with Crippen molar-refractivity contribution >= 4 is 5.96 Å². The van der Waals surface area contributed by atoms with Crippen molar-refractivity contribution in [1.82, 2.24) is 20.4 Å². The van der Waals surface area contributed by atoms with E-state index in [2.05, 4.69) is 51.7 Å². The molecule has 8 nitrogen and oxygen atoms in total. The highest BCUT2D eigenvalue weighted by molar-refractivity contribution is 5.79. The number of hydrogen-bond acceptors (Lipinski definition) is 6. The minimum atomic E-state index is 0.176. The lowest BCUT2D eigenvalue weighted by molar-refractivity contribution is 0.0169. The maximum Gasteiger partial charge on any atom is 0.191 e.